The van der Waals surface area contributed by atoms with E-state index in [9.17, 15) is 13.2 Å². The Hall–Kier alpha value is -0.630. The fourth-order valence-corrected chi connectivity index (χ4v) is 4.70. The molecule has 2 rings (SSSR count). The van der Waals surface area contributed by atoms with E-state index < -0.39 is 10.0 Å². The largest absolute Gasteiger partial charge is 0.341 e. The lowest BCUT2D eigenvalue weighted by atomic mass is 10.0. The number of piperidine rings is 1. The number of likely N-dealkylation sites (tertiary alicyclic amines) is 1. The van der Waals surface area contributed by atoms with Gasteiger partial charge in [0.25, 0.3) is 10.0 Å². The van der Waals surface area contributed by atoms with E-state index in [2.05, 4.69) is 11.6 Å². The minimum absolute atomic E-state index is 0.127. The SMILES string of the molecule is C[C@@H]1CCCN(C(=O)CNS(=O)(=O)c2ccc(Cl)s2)C1. The third kappa shape index (κ3) is 3.94. The van der Waals surface area contributed by atoms with Gasteiger partial charge in [-0.3, -0.25) is 4.79 Å². The van der Waals surface area contributed by atoms with E-state index in [-0.39, 0.29) is 16.7 Å². The molecule has 0 bridgehead atoms. The highest BCUT2D eigenvalue weighted by Gasteiger charge is 2.23. The molecule has 0 aliphatic carbocycles. The number of nitrogens with one attached hydrogen (secondary N) is 1. The molecule has 1 aromatic rings. The fraction of sp³-hybridized carbons (Fsp3) is 0.583. The van der Waals surface area contributed by atoms with Crippen molar-refractivity contribution < 1.29 is 13.2 Å². The van der Waals surface area contributed by atoms with Crippen LogP contribution in [0.3, 0.4) is 0 Å². The highest BCUT2D eigenvalue weighted by molar-refractivity contribution is 7.91. The fourth-order valence-electron chi connectivity index (χ4n) is 2.20. The molecule has 1 N–H and O–H groups in total. The predicted octanol–water partition coefficient (Wildman–Crippen LogP) is 1.94. The number of halogens is 1. The summed E-state index contributed by atoms with van der Waals surface area (Å²) in [6.07, 6.45) is 2.09. The molecular formula is C12H17ClN2O3S2. The van der Waals surface area contributed by atoms with Crippen molar-refractivity contribution in [2.24, 2.45) is 5.92 Å². The Morgan fingerprint density at radius 3 is 2.90 bits per heavy atom. The van der Waals surface area contributed by atoms with Crippen LogP contribution in [-0.4, -0.2) is 38.9 Å². The van der Waals surface area contributed by atoms with E-state index in [4.69, 9.17) is 11.6 Å². The molecule has 0 unspecified atom stereocenters. The second-order valence-corrected chi connectivity index (χ2v) is 8.68. The van der Waals surface area contributed by atoms with Gasteiger partial charge in [0.05, 0.1) is 10.9 Å². The molecule has 0 saturated carbocycles. The number of rotatable bonds is 4. The average molecular weight is 337 g/mol. The Morgan fingerprint density at radius 2 is 2.30 bits per heavy atom. The summed E-state index contributed by atoms with van der Waals surface area (Å²) in [6.45, 7) is 3.29. The van der Waals surface area contributed by atoms with E-state index in [0.29, 0.717) is 23.3 Å². The van der Waals surface area contributed by atoms with Gasteiger partial charge < -0.3 is 4.90 Å². The van der Waals surface area contributed by atoms with Crippen LogP contribution in [-0.2, 0) is 14.8 Å². The summed E-state index contributed by atoms with van der Waals surface area (Å²) < 4.78 is 26.8. The summed E-state index contributed by atoms with van der Waals surface area (Å²) in [5.41, 5.74) is 0. The molecule has 1 atom stereocenters. The Kier molecular flexibility index (Phi) is 5.06. The molecule has 1 aromatic heterocycles. The third-order valence-electron chi connectivity index (χ3n) is 3.24. The van der Waals surface area contributed by atoms with Crippen molar-refractivity contribution >= 4 is 38.9 Å². The Bertz CT molecular complexity index is 585. The van der Waals surface area contributed by atoms with Crippen LogP contribution >= 0.6 is 22.9 Å². The molecule has 0 radical (unpaired) electrons. The van der Waals surface area contributed by atoms with E-state index in [1.165, 1.54) is 12.1 Å². The number of hydrogen-bond donors (Lipinski definition) is 1. The zero-order valence-electron chi connectivity index (χ0n) is 11.1. The first kappa shape index (κ1) is 15.8. The van der Waals surface area contributed by atoms with Gasteiger partial charge in [-0.25, -0.2) is 13.1 Å². The highest BCUT2D eigenvalue weighted by Crippen LogP contribution is 2.25. The molecule has 1 amide bonds. The zero-order valence-corrected chi connectivity index (χ0v) is 13.5. The van der Waals surface area contributed by atoms with Crippen molar-refractivity contribution in [2.75, 3.05) is 19.6 Å². The Balaban J connectivity index is 1.92. The normalized spacial score (nSPS) is 20.1. The summed E-state index contributed by atoms with van der Waals surface area (Å²) in [5.74, 6) is 0.295. The monoisotopic (exact) mass is 336 g/mol. The van der Waals surface area contributed by atoms with Crippen molar-refractivity contribution in [2.45, 2.75) is 24.0 Å². The lowest BCUT2D eigenvalue weighted by Gasteiger charge is -2.30. The minimum atomic E-state index is -3.65. The molecule has 8 heteroatoms. The molecule has 112 valence electrons. The van der Waals surface area contributed by atoms with Gasteiger partial charge in [0.1, 0.15) is 4.21 Å². The first-order chi connectivity index (χ1) is 9.38. The van der Waals surface area contributed by atoms with Crippen molar-refractivity contribution in [3.63, 3.8) is 0 Å². The molecule has 1 saturated heterocycles. The summed E-state index contributed by atoms with van der Waals surface area (Å²) in [5, 5.41) is 0. The Morgan fingerprint density at radius 1 is 1.55 bits per heavy atom. The van der Waals surface area contributed by atoms with Crippen molar-refractivity contribution in [1.82, 2.24) is 9.62 Å². The molecular weight excluding hydrogens is 320 g/mol. The minimum Gasteiger partial charge on any atom is -0.341 e. The molecule has 2 heterocycles. The number of amides is 1. The van der Waals surface area contributed by atoms with Crippen LogP contribution in [0.4, 0.5) is 0 Å². The van der Waals surface area contributed by atoms with Crippen molar-refractivity contribution in [3.8, 4) is 0 Å². The van der Waals surface area contributed by atoms with Gasteiger partial charge >= 0.3 is 0 Å². The lowest BCUT2D eigenvalue weighted by Crippen LogP contribution is -2.44. The van der Waals surface area contributed by atoms with Crippen LogP contribution in [0, 0.1) is 5.92 Å². The molecule has 20 heavy (non-hydrogen) atoms. The van der Waals surface area contributed by atoms with Gasteiger partial charge in [-0.1, -0.05) is 18.5 Å². The van der Waals surface area contributed by atoms with Crippen LogP contribution in [0.5, 0.6) is 0 Å². The molecule has 0 aromatic carbocycles. The summed E-state index contributed by atoms with van der Waals surface area (Å²) in [6, 6.07) is 2.96. The first-order valence-corrected chi connectivity index (χ1v) is 9.09. The van der Waals surface area contributed by atoms with E-state index >= 15 is 0 Å². The first-order valence-electron chi connectivity index (χ1n) is 6.41. The summed E-state index contributed by atoms with van der Waals surface area (Å²) in [4.78, 5) is 13.7. The van der Waals surface area contributed by atoms with Crippen LogP contribution in [0.2, 0.25) is 4.34 Å². The Labute approximate surface area is 128 Å². The third-order valence-corrected chi connectivity index (χ3v) is 6.36. The number of hydrogen-bond acceptors (Lipinski definition) is 4. The predicted molar refractivity (Wildman–Crippen MR) is 79.5 cm³/mol. The lowest BCUT2D eigenvalue weighted by molar-refractivity contribution is -0.131. The number of carbonyl (C=O) groups excluding carboxylic acids is 1. The number of thiophene rings is 1. The second kappa shape index (κ2) is 6.43. The highest BCUT2D eigenvalue weighted by atomic mass is 35.5. The molecule has 0 spiro atoms. The van der Waals surface area contributed by atoms with Gasteiger partial charge in [-0.15, -0.1) is 11.3 Å². The maximum absolute atomic E-state index is 12.0. The quantitative estimate of drug-likeness (QED) is 0.913. The smallest absolute Gasteiger partial charge is 0.250 e. The molecule has 1 aliphatic rings. The van der Waals surface area contributed by atoms with E-state index in [1.807, 2.05) is 0 Å². The van der Waals surface area contributed by atoms with Crippen molar-refractivity contribution in [3.05, 3.63) is 16.5 Å². The molecule has 5 nitrogen and oxygen atoms in total. The van der Waals surface area contributed by atoms with Gasteiger partial charge in [0.15, 0.2) is 0 Å². The van der Waals surface area contributed by atoms with Crippen LogP contribution in [0.25, 0.3) is 0 Å². The molecule has 1 aliphatic heterocycles. The van der Waals surface area contributed by atoms with E-state index in [1.54, 1.807) is 4.90 Å². The maximum Gasteiger partial charge on any atom is 0.250 e. The average Bonchev–Trinajstić information content (AvgIpc) is 2.83. The van der Waals surface area contributed by atoms with Gasteiger partial charge in [-0.2, -0.15) is 0 Å². The van der Waals surface area contributed by atoms with Crippen LogP contribution in [0.1, 0.15) is 19.8 Å². The van der Waals surface area contributed by atoms with Crippen LogP contribution < -0.4 is 4.72 Å². The van der Waals surface area contributed by atoms with Gasteiger partial charge in [0.2, 0.25) is 5.91 Å². The standard InChI is InChI=1S/C12H17ClN2O3S2/c1-9-3-2-6-15(8-9)11(16)7-14-20(17,18)12-5-4-10(13)19-12/h4-5,9,14H,2-3,6-8H2,1H3/t9-/m1/s1. The topological polar surface area (TPSA) is 66.5 Å². The van der Waals surface area contributed by atoms with Crippen molar-refractivity contribution in [1.29, 1.82) is 0 Å². The number of sulfonamides is 1. The summed E-state index contributed by atoms with van der Waals surface area (Å²) in [7, 11) is -3.65. The van der Waals surface area contributed by atoms with E-state index in [0.717, 1.165) is 24.2 Å². The maximum atomic E-state index is 12.0. The molecule has 1 fully saturated rings. The summed E-state index contributed by atoms with van der Waals surface area (Å²) >= 11 is 6.69. The van der Waals surface area contributed by atoms with Gasteiger partial charge in [-0.05, 0) is 30.9 Å². The van der Waals surface area contributed by atoms with Crippen LogP contribution in [0.15, 0.2) is 16.3 Å². The second-order valence-electron chi connectivity index (χ2n) is 4.97. The number of nitrogens with zero attached hydrogens (tertiary/aromatic N) is 1. The zero-order chi connectivity index (χ0) is 14.8. The number of carbonyl (C=O) groups is 1. The van der Waals surface area contributed by atoms with Gasteiger partial charge in [0, 0.05) is 13.1 Å².